The average molecular weight is 294 g/mol. The second-order valence-corrected chi connectivity index (χ2v) is 5.32. The summed E-state index contributed by atoms with van der Waals surface area (Å²) in [5.74, 6) is 0.359. The molecular weight excluding hydrogens is 279 g/mol. The lowest BCUT2D eigenvalue weighted by molar-refractivity contribution is -0.202. The molecule has 0 aliphatic heterocycles. The monoisotopic (exact) mass is 293 g/mol. The lowest BCUT2D eigenvalue weighted by Gasteiger charge is -2.37. The van der Waals surface area contributed by atoms with E-state index in [1.165, 1.54) is 0 Å². The Bertz CT molecular complexity index is 415. The number of aliphatic hydroxyl groups excluding tert-OH is 1. The van der Waals surface area contributed by atoms with E-state index in [0.717, 1.165) is 18.4 Å². The number of halogens is 4. The van der Waals surface area contributed by atoms with Crippen LogP contribution in [-0.2, 0) is 0 Å². The van der Waals surface area contributed by atoms with Crippen molar-refractivity contribution < 1.29 is 18.3 Å². The molecule has 1 aromatic carbocycles. The van der Waals surface area contributed by atoms with Gasteiger partial charge in [0.2, 0.25) is 0 Å². The SMILES string of the molecule is OC(CNC1CC(c2ccc(Cl)cc2)C1)C(F)(F)F. The summed E-state index contributed by atoms with van der Waals surface area (Å²) in [5.41, 5.74) is 1.15. The molecule has 106 valence electrons. The Labute approximate surface area is 114 Å². The van der Waals surface area contributed by atoms with Gasteiger partial charge in [0.25, 0.3) is 0 Å². The molecule has 19 heavy (non-hydrogen) atoms. The average Bonchev–Trinajstić information content (AvgIpc) is 2.27. The van der Waals surface area contributed by atoms with Crippen molar-refractivity contribution in [2.24, 2.45) is 0 Å². The third-order valence-electron chi connectivity index (χ3n) is 3.46. The van der Waals surface area contributed by atoms with E-state index in [1.807, 2.05) is 24.3 Å². The second-order valence-electron chi connectivity index (χ2n) is 4.88. The van der Waals surface area contributed by atoms with Gasteiger partial charge in [-0.05, 0) is 36.5 Å². The Morgan fingerprint density at radius 1 is 1.26 bits per heavy atom. The van der Waals surface area contributed by atoms with E-state index in [2.05, 4.69) is 5.32 Å². The van der Waals surface area contributed by atoms with Crippen molar-refractivity contribution in [3.8, 4) is 0 Å². The van der Waals surface area contributed by atoms with Gasteiger partial charge in [-0.15, -0.1) is 0 Å². The topological polar surface area (TPSA) is 32.3 Å². The van der Waals surface area contributed by atoms with Gasteiger partial charge in [-0.2, -0.15) is 13.2 Å². The summed E-state index contributed by atoms with van der Waals surface area (Å²) in [4.78, 5) is 0. The van der Waals surface area contributed by atoms with Crippen LogP contribution in [0.1, 0.15) is 24.3 Å². The van der Waals surface area contributed by atoms with E-state index in [4.69, 9.17) is 16.7 Å². The van der Waals surface area contributed by atoms with E-state index in [9.17, 15) is 13.2 Å². The van der Waals surface area contributed by atoms with Crippen molar-refractivity contribution in [1.29, 1.82) is 0 Å². The zero-order valence-corrected chi connectivity index (χ0v) is 10.9. The van der Waals surface area contributed by atoms with Gasteiger partial charge >= 0.3 is 6.18 Å². The molecule has 0 aromatic heterocycles. The highest BCUT2D eigenvalue weighted by molar-refractivity contribution is 6.30. The summed E-state index contributed by atoms with van der Waals surface area (Å²) in [5, 5.41) is 12.3. The highest BCUT2D eigenvalue weighted by Crippen LogP contribution is 2.37. The maximum Gasteiger partial charge on any atom is 0.415 e. The number of benzene rings is 1. The van der Waals surface area contributed by atoms with Crippen molar-refractivity contribution in [3.63, 3.8) is 0 Å². The highest BCUT2D eigenvalue weighted by Gasteiger charge is 2.39. The van der Waals surface area contributed by atoms with E-state index >= 15 is 0 Å². The van der Waals surface area contributed by atoms with Crippen LogP contribution in [0, 0.1) is 0 Å². The molecule has 1 aromatic rings. The minimum atomic E-state index is -4.55. The molecule has 6 heteroatoms. The first-order valence-electron chi connectivity index (χ1n) is 6.10. The molecule has 0 radical (unpaired) electrons. The largest absolute Gasteiger partial charge is 0.415 e. The van der Waals surface area contributed by atoms with Crippen LogP contribution in [0.15, 0.2) is 24.3 Å². The number of nitrogens with one attached hydrogen (secondary N) is 1. The molecule has 1 saturated carbocycles. The third-order valence-corrected chi connectivity index (χ3v) is 3.71. The van der Waals surface area contributed by atoms with Gasteiger partial charge < -0.3 is 10.4 Å². The van der Waals surface area contributed by atoms with Gasteiger partial charge in [-0.1, -0.05) is 23.7 Å². The molecule has 0 saturated heterocycles. The first-order valence-corrected chi connectivity index (χ1v) is 6.47. The predicted octanol–water partition coefficient (Wildman–Crippen LogP) is 3.10. The molecule has 1 unspecified atom stereocenters. The van der Waals surface area contributed by atoms with Crippen molar-refractivity contribution >= 4 is 11.6 Å². The molecule has 0 amide bonds. The normalized spacial score (nSPS) is 24.9. The van der Waals surface area contributed by atoms with Crippen molar-refractivity contribution in [2.75, 3.05) is 6.54 Å². The van der Waals surface area contributed by atoms with Gasteiger partial charge in [0, 0.05) is 17.6 Å². The van der Waals surface area contributed by atoms with Gasteiger partial charge in [-0.25, -0.2) is 0 Å². The predicted molar refractivity (Wildman–Crippen MR) is 67.3 cm³/mol. The Morgan fingerprint density at radius 3 is 2.37 bits per heavy atom. The molecule has 1 atom stereocenters. The Morgan fingerprint density at radius 2 is 1.84 bits per heavy atom. The first-order chi connectivity index (χ1) is 8.86. The molecule has 2 rings (SSSR count). The van der Waals surface area contributed by atoms with Crippen molar-refractivity contribution in [2.45, 2.75) is 37.1 Å². The second kappa shape index (κ2) is 5.69. The molecule has 1 aliphatic carbocycles. The van der Waals surface area contributed by atoms with Crippen LogP contribution < -0.4 is 5.32 Å². The fourth-order valence-corrected chi connectivity index (χ4v) is 2.31. The van der Waals surface area contributed by atoms with Crippen LogP contribution >= 0.6 is 11.6 Å². The molecule has 0 spiro atoms. The Kier molecular flexibility index (Phi) is 4.38. The summed E-state index contributed by atoms with van der Waals surface area (Å²) in [7, 11) is 0. The fraction of sp³-hybridized carbons (Fsp3) is 0.538. The lowest BCUT2D eigenvalue weighted by atomic mass is 9.76. The quantitative estimate of drug-likeness (QED) is 0.894. The van der Waals surface area contributed by atoms with Crippen molar-refractivity contribution in [3.05, 3.63) is 34.9 Å². The Hall–Kier alpha value is -0.780. The highest BCUT2D eigenvalue weighted by atomic mass is 35.5. The number of rotatable bonds is 4. The van der Waals surface area contributed by atoms with Gasteiger partial charge in [0.1, 0.15) is 0 Å². The molecular formula is C13H15ClF3NO. The van der Waals surface area contributed by atoms with Crippen LogP contribution in [0.5, 0.6) is 0 Å². The lowest BCUT2D eigenvalue weighted by Crippen LogP contribution is -2.46. The fourth-order valence-electron chi connectivity index (χ4n) is 2.19. The van der Waals surface area contributed by atoms with Gasteiger partial charge in [-0.3, -0.25) is 0 Å². The minimum Gasteiger partial charge on any atom is -0.382 e. The van der Waals surface area contributed by atoms with Gasteiger partial charge in [0.15, 0.2) is 6.10 Å². The molecule has 2 nitrogen and oxygen atoms in total. The summed E-state index contributed by atoms with van der Waals surface area (Å²) < 4.78 is 36.3. The molecule has 0 bridgehead atoms. The van der Waals surface area contributed by atoms with Crippen LogP contribution in [0.3, 0.4) is 0 Å². The zero-order chi connectivity index (χ0) is 14.0. The third kappa shape index (κ3) is 3.84. The zero-order valence-electron chi connectivity index (χ0n) is 10.1. The maximum atomic E-state index is 12.1. The number of alkyl halides is 3. The molecule has 0 heterocycles. The smallest absolute Gasteiger partial charge is 0.382 e. The summed E-state index contributed by atoms with van der Waals surface area (Å²) in [6.45, 7) is -0.443. The molecule has 2 N–H and O–H groups in total. The van der Waals surface area contributed by atoms with Crippen LogP contribution in [0.25, 0.3) is 0 Å². The number of hydrogen-bond donors (Lipinski definition) is 2. The number of hydrogen-bond acceptors (Lipinski definition) is 2. The van der Waals surface area contributed by atoms with Crippen LogP contribution in [-0.4, -0.2) is 30.0 Å². The molecule has 1 aliphatic rings. The Balaban J connectivity index is 1.73. The number of aliphatic hydroxyl groups is 1. The van der Waals surface area contributed by atoms with E-state index in [1.54, 1.807) is 0 Å². The summed E-state index contributed by atoms with van der Waals surface area (Å²) in [6, 6.07) is 7.54. The standard InChI is InChI=1S/C13H15ClF3NO/c14-10-3-1-8(2-4-10)9-5-11(6-9)18-7-12(19)13(15,16)17/h1-4,9,11-12,18-19H,5-7H2. The van der Waals surface area contributed by atoms with E-state index in [-0.39, 0.29) is 6.04 Å². The van der Waals surface area contributed by atoms with Crippen LogP contribution in [0.2, 0.25) is 5.02 Å². The van der Waals surface area contributed by atoms with Gasteiger partial charge in [0.05, 0.1) is 0 Å². The van der Waals surface area contributed by atoms with Crippen molar-refractivity contribution in [1.82, 2.24) is 5.32 Å². The first kappa shape index (κ1) is 14.6. The van der Waals surface area contributed by atoms with E-state index in [0.29, 0.717) is 10.9 Å². The molecule has 1 fully saturated rings. The van der Waals surface area contributed by atoms with Crippen LogP contribution in [0.4, 0.5) is 13.2 Å². The summed E-state index contributed by atoms with van der Waals surface area (Å²) in [6.07, 6.45) is -5.27. The maximum absolute atomic E-state index is 12.1. The minimum absolute atomic E-state index is 0.0395. The summed E-state index contributed by atoms with van der Waals surface area (Å²) >= 11 is 5.79. The van der Waals surface area contributed by atoms with E-state index < -0.39 is 18.8 Å².